The molecule has 0 saturated carbocycles. The van der Waals surface area contributed by atoms with Crippen molar-refractivity contribution < 1.29 is 29.2 Å². The van der Waals surface area contributed by atoms with Gasteiger partial charge in [-0.3, -0.25) is 0 Å². The minimum atomic E-state index is -0.330. The third-order valence-corrected chi connectivity index (χ3v) is 1.79. The number of hydrogen-bond donors (Lipinski definition) is 2. The van der Waals surface area contributed by atoms with Gasteiger partial charge in [-0.25, -0.2) is 4.79 Å². The van der Waals surface area contributed by atoms with Crippen molar-refractivity contribution in [3.05, 3.63) is 12.7 Å². The smallest absolute Gasteiger partial charge is 0.330 e. The Morgan fingerprint density at radius 3 is 1.81 bits per heavy atom. The topological polar surface area (TPSA) is 85.2 Å². The van der Waals surface area contributed by atoms with E-state index in [1.165, 1.54) is 6.08 Å². The largest absolute Gasteiger partial charge is 0.463 e. The first-order valence-electron chi connectivity index (χ1n) is 7.30. The lowest BCUT2D eigenvalue weighted by Gasteiger charge is -1.97. The van der Waals surface area contributed by atoms with Gasteiger partial charge in [0.05, 0.1) is 33.0 Å². The summed E-state index contributed by atoms with van der Waals surface area (Å²) in [4.78, 5) is 10.3. The number of aliphatic hydroxyl groups excluding tert-OH is 2. The Morgan fingerprint density at radius 1 is 1.00 bits per heavy atom. The van der Waals surface area contributed by atoms with Crippen molar-refractivity contribution in [3.63, 3.8) is 0 Å². The molecule has 6 heteroatoms. The van der Waals surface area contributed by atoms with Crippen LogP contribution in [0.4, 0.5) is 0 Å². The molecule has 0 saturated heterocycles. The van der Waals surface area contributed by atoms with Crippen molar-refractivity contribution in [1.82, 2.24) is 0 Å². The van der Waals surface area contributed by atoms with E-state index in [1.807, 2.05) is 20.8 Å². The van der Waals surface area contributed by atoms with Gasteiger partial charge >= 0.3 is 5.97 Å². The SMILES string of the molecule is C=CC(=O)OCCCC.CCOCC.OCCOCCO. The highest BCUT2D eigenvalue weighted by molar-refractivity contribution is 5.81. The Morgan fingerprint density at radius 2 is 1.52 bits per heavy atom. The predicted molar refractivity (Wildman–Crippen MR) is 83.2 cm³/mol. The van der Waals surface area contributed by atoms with Crippen molar-refractivity contribution >= 4 is 5.97 Å². The molecule has 21 heavy (non-hydrogen) atoms. The van der Waals surface area contributed by atoms with E-state index in [1.54, 1.807) is 0 Å². The Bertz CT molecular complexity index is 191. The van der Waals surface area contributed by atoms with Crippen molar-refractivity contribution in [1.29, 1.82) is 0 Å². The molecule has 0 aromatic carbocycles. The summed E-state index contributed by atoms with van der Waals surface area (Å²) in [6, 6.07) is 0. The van der Waals surface area contributed by atoms with E-state index in [0.29, 0.717) is 19.8 Å². The molecule has 128 valence electrons. The maximum atomic E-state index is 10.3. The molecular weight excluding hydrogens is 276 g/mol. The molecule has 2 N–H and O–H groups in total. The average Bonchev–Trinajstić information content (AvgIpc) is 2.50. The van der Waals surface area contributed by atoms with Crippen LogP contribution in [-0.2, 0) is 19.0 Å². The van der Waals surface area contributed by atoms with Crippen LogP contribution in [0.3, 0.4) is 0 Å². The van der Waals surface area contributed by atoms with Gasteiger partial charge in [0, 0.05) is 19.3 Å². The fourth-order valence-electron chi connectivity index (χ4n) is 0.811. The zero-order valence-corrected chi connectivity index (χ0v) is 13.7. The summed E-state index contributed by atoms with van der Waals surface area (Å²) in [7, 11) is 0. The normalized spacial score (nSPS) is 8.81. The summed E-state index contributed by atoms with van der Waals surface area (Å²) in [5.41, 5.74) is 0. The highest BCUT2D eigenvalue weighted by atomic mass is 16.5. The van der Waals surface area contributed by atoms with E-state index in [4.69, 9.17) is 14.9 Å². The van der Waals surface area contributed by atoms with Gasteiger partial charge in [-0.2, -0.15) is 0 Å². The summed E-state index contributed by atoms with van der Waals surface area (Å²) < 4.78 is 14.1. The first-order valence-corrected chi connectivity index (χ1v) is 7.30. The van der Waals surface area contributed by atoms with Gasteiger partial charge in [0.15, 0.2) is 0 Å². The van der Waals surface area contributed by atoms with Crippen LogP contribution in [0.5, 0.6) is 0 Å². The highest BCUT2D eigenvalue weighted by Gasteiger charge is 1.91. The van der Waals surface area contributed by atoms with Gasteiger partial charge in [-0.05, 0) is 20.3 Å². The minimum absolute atomic E-state index is 0.0278. The molecule has 0 aromatic heterocycles. The zero-order chi connectivity index (χ0) is 16.8. The number of hydrogen-bond acceptors (Lipinski definition) is 6. The lowest BCUT2D eigenvalue weighted by atomic mass is 10.4. The number of carbonyl (C=O) groups is 1. The summed E-state index contributed by atoms with van der Waals surface area (Å²) in [5.74, 6) is -0.330. The highest BCUT2D eigenvalue weighted by Crippen LogP contribution is 1.88. The molecule has 0 bridgehead atoms. The van der Waals surface area contributed by atoms with Crippen molar-refractivity contribution in [2.45, 2.75) is 33.6 Å². The maximum Gasteiger partial charge on any atom is 0.330 e. The molecule has 0 unspecified atom stereocenters. The van der Waals surface area contributed by atoms with E-state index < -0.39 is 0 Å². The number of aliphatic hydroxyl groups is 2. The van der Waals surface area contributed by atoms with Crippen molar-refractivity contribution in [2.75, 3.05) is 46.2 Å². The molecule has 0 aliphatic carbocycles. The van der Waals surface area contributed by atoms with Crippen LogP contribution in [0.2, 0.25) is 0 Å². The van der Waals surface area contributed by atoms with E-state index in [9.17, 15) is 4.79 Å². The molecule has 0 spiro atoms. The van der Waals surface area contributed by atoms with Crippen LogP contribution >= 0.6 is 0 Å². The number of esters is 1. The lowest BCUT2D eigenvalue weighted by molar-refractivity contribution is -0.137. The molecule has 0 aliphatic heterocycles. The summed E-state index contributed by atoms with van der Waals surface area (Å²) in [5, 5.41) is 16.2. The minimum Gasteiger partial charge on any atom is -0.463 e. The molecule has 0 aliphatic rings. The monoisotopic (exact) mass is 308 g/mol. The first kappa shape index (κ1) is 25.0. The molecule has 0 radical (unpaired) electrons. The molecule has 0 aromatic rings. The van der Waals surface area contributed by atoms with Crippen molar-refractivity contribution in [3.8, 4) is 0 Å². The summed E-state index contributed by atoms with van der Waals surface area (Å²) >= 11 is 0. The number of ether oxygens (including phenoxy) is 3. The molecule has 0 amide bonds. The van der Waals surface area contributed by atoms with Crippen LogP contribution in [0.25, 0.3) is 0 Å². The van der Waals surface area contributed by atoms with Crippen LogP contribution in [0, 0.1) is 0 Å². The second kappa shape index (κ2) is 27.4. The summed E-state index contributed by atoms with van der Waals surface area (Å²) in [6.07, 6.45) is 3.15. The molecule has 0 heterocycles. The Kier molecular flexibility index (Phi) is 32.7. The Balaban J connectivity index is -0.000000242. The van der Waals surface area contributed by atoms with Gasteiger partial charge in [0.1, 0.15) is 0 Å². The molecule has 0 atom stereocenters. The zero-order valence-electron chi connectivity index (χ0n) is 13.7. The van der Waals surface area contributed by atoms with Gasteiger partial charge in [-0.15, -0.1) is 0 Å². The second-order valence-electron chi connectivity index (χ2n) is 3.57. The fraction of sp³-hybridized carbons (Fsp3) is 0.800. The number of carbonyl (C=O) groups excluding carboxylic acids is 1. The first-order chi connectivity index (χ1) is 10.1. The van der Waals surface area contributed by atoms with Crippen molar-refractivity contribution in [2.24, 2.45) is 0 Å². The van der Waals surface area contributed by atoms with Crippen LogP contribution < -0.4 is 0 Å². The average molecular weight is 308 g/mol. The lowest BCUT2D eigenvalue weighted by Crippen LogP contribution is -2.03. The van der Waals surface area contributed by atoms with Gasteiger partial charge in [0.25, 0.3) is 0 Å². The van der Waals surface area contributed by atoms with Gasteiger partial charge in [0.2, 0.25) is 0 Å². The van der Waals surface area contributed by atoms with E-state index in [0.717, 1.165) is 26.1 Å². The third kappa shape index (κ3) is 38.1. The Hall–Kier alpha value is -0.950. The fourth-order valence-corrected chi connectivity index (χ4v) is 0.811. The van der Waals surface area contributed by atoms with Crippen LogP contribution in [-0.4, -0.2) is 62.4 Å². The number of rotatable bonds is 10. The van der Waals surface area contributed by atoms with E-state index >= 15 is 0 Å². The molecular formula is C15H32O6. The van der Waals surface area contributed by atoms with Gasteiger partial charge < -0.3 is 24.4 Å². The summed E-state index contributed by atoms with van der Waals surface area (Å²) in [6.45, 7) is 12.2. The second-order valence-corrected chi connectivity index (χ2v) is 3.57. The third-order valence-electron chi connectivity index (χ3n) is 1.79. The van der Waals surface area contributed by atoms with E-state index in [-0.39, 0.29) is 19.2 Å². The Labute approximate surface area is 128 Å². The van der Waals surface area contributed by atoms with Crippen LogP contribution in [0.1, 0.15) is 33.6 Å². The van der Waals surface area contributed by atoms with E-state index in [2.05, 4.69) is 16.1 Å². The molecule has 6 nitrogen and oxygen atoms in total. The predicted octanol–water partition coefficient (Wildman–Crippen LogP) is 1.55. The quantitative estimate of drug-likeness (QED) is 0.362. The van der Waals surface area contributed by atoms with Gasteiger partial charge in [-0.1, -0.05) is 19.9 Å². The maximum absolute atomic E-state index is 10.3. The molecule has 0 rings (SSSR count). The van der Waals surface area contributed by atoms with Crippen LogP contribution in [0.15, 0.2) is 12.7 Å². The standard InChI is InChI=1S/C7H12O2.C4H10O3.C4H10O/c1-3-5-6-9-7(8)4-2;5-1-3-7-4-2-6;1-3-5-4-2/h4H,2-3,5-6H2,1H3;5-6H,1-4H2;3-4H2,1-2H3. The molecule has 0 fully saturated rings. The number of unbranched alkanes of at least 4 members (excludes halogenated alkanes) is 1.